The van der Waals surface area contributed by atoms with E-state index in [4.69, 9.17) is 0 Å². The quantitative estimate of drug-likeness (QED) is 0.836. The third-order valence-corrected chi connectivity index (χ3v) is 3.94. The third kappa shape index (κ3) is 3.40. The third-order valence-electron chi connectivity index (χ3n) is 2.80. The lowest BCUT2D eigenvalue weighted by Crippen LogP contribution is -2.15. The predicted octanol–water partition coefficient (Wildman–Crippen LogP) is 2.60. The van der Waals surface area contributed by atoms with Crippen LogP contribution in [0.2, 0.25) is 0 Å². The first-order valence-electron chi connectivity index (χ1n) is 6.46. The molecule has 1 N–H and O–H groups in total. The van der Waals surface area contributed by atoms with Crippen molar-refractivity contribution in [1.82, 2.24) is 19.9 Å². The number of rotatable bonds is 7. The van der Waals surface area contributed by atoms with E-state index in [1.54, 1.807) is 11.3 Å². The Morgan fingerprint density at radius 2 is 2.17 bits per heavy atom. The summed E-state index contributed by atoms with van der Waals surface area (Å²) in [7, 11) is 0. The van der Waals surface area contributed by atoms with Crippen molar-refractivity contribution in [1.29, 1.82) is 0 Å². The molecule has 0 aliphatic rings. The number of nitrogens with zero attached hydrogens (tertiary/aromatic N) is 3. The van der Waals surface area contributed by atoms with Gasteiger partial charge in [-0.1, -0.05) is 13.8 Å². The van der Waals surface area contributed by atoms with Crippen molar-refractivity contribution in [3.63, 3.8) is 0 Å². The van der Waals surface area contributed by atoms with Crippen LogP contribution in [-0.4, -0.2) is 14.5 Å². The number of thiazole rings is 1. The summed E-state index contributed by atoms with van der Waals surface area (Å²) in [4.78, 5) is 9.94. The molecule has 4 nitrogen and oxygen atoms in total. The van der Waals surface area contributed by atoms with Gasteiger partial charge < -0.3 is 9.88 Å². The van der Waals surface area contributed by atoms with Crippen molar-refractivity contribution in [2.24, 2.45) is 0 Å². The minimum atomic E-state index is 0.835. The molecule has 2 heterocycles. The Labute approximate surface area is 112 Å². The fourth-order valence-electron chi connectivity index (χ4n) is 1.83. The molecule has 2 aromatic rings. The molecule has 0 atom stereocenters. The molecule has 0 aliphatic heterocycles. The largest absolute Gasteiger partial charge is 0.333 e. The number of hydrogen-bond donors (Lipinski definition) is 1. The van der Waals surface area contributed by atoms with E-state index in [0.29, 0.717) is 0 Å². The molecule has 0 amide bonds. The highest BCUT2D eigenvalue weighted by atomic mass is 32.1. The Kier molecular flexibility index (Phi) is 4.90. The molecule has 0 aliphatic carbocycles. The standard InChI is InChI=1S/C13H20N4S/c1-3-5-17-10-15-7-11(17)6-14-9-13-16-8-12(4-2)18-13/h7-8,10,14H,3-6,9H2,1-2H3. The summed E-state index contributed by atoms with van der Waals surface area (Å²) >= 11 is 1.79. The van der Waals surface area contributed by atoms with E-state index in [9.17, 15) is 0 Å². The van der Waals surface area contributed by atoms with Gasteiger partial charge in [0.25, 0.3) is 0 Å². The Morgan fingerprint density at radius 3 is 2.89 bits per heavy atom. The molecule has 0 radical (unpaired) electrons. The van der Waals surface area contributed by atoms with Crippen molar-refractivity contribution in [2.75, 3.05) is 0 Å². The van der Waals surface area contributed by atoms with E-state index in [2.05, 4.69) is 33.7 Å². The second-order valence-corrected chi connectivity index (χ2v) is 5.46. The van der Waals surface area contributed by atoms with E-state index in [-0.39, 0.29) is 0 Å². The van der Waals surface area contributed by atoms with E-state index < -0.39 is 0 Å². The molecular weight excluding hydrogens is 244 g/mol. The molecule has 2 aromatic heterocycles. The molecule has 2 rings (SSSR count). The second-order valence-electron chi connectivity index (χ2n) is 4.26. The summed E-state index contributed by atoms with van der Waals surface area (Å²) < 4.78 is 2.20. The zero-order chi connectivity index (χ0) is 12.8. The van der Waals surface area contributed by atoms with Crippen LogP contribution in [0.25, 0.3) is 0 Å². The molecule has 5 heteroatoms. The summed E-state index contributed by atoms with van der Waals surface area (Å²) in [6.07, 6.45) is 8.01. The Balaban J connectivity index is 1.82. The minimum Gasteiger partial charge on any atom is -0.333 e. The van der Waals surface area contributed by atoms with E-state index in [0.717, 1.165) is 37.5 Å². The highest BCUT2D eigenvalue weighted by molar-refractivity contribution is 7.11. The average molecular weight is 264 g/mol. The first-order chi connectivity index (χ1) is 8.83. The zero-order valence-electron chi connectivity index (χ0n) is 11.0. The van der Waals surface area contributed by atoms with Crippen molar-refractivity contribution < 1.29 is 0 Å². The highest BCUT2D eigenvalue weighted by Gasteiger charge is 2.03. The van der Waals surface area contributed by atoms with Crippen LogP contribution in [0, 0.1) is 0 Å². The number of hydrogen-bond acceptors (Lipinski definition) is 4. The summed E-state index contributed by atoms with van der Waals surface area (Å²) in [6.45, 7) is 7.06. The molecule has 0 spiro atoms. The summed E-state index contributed by atoms with van der Waals surface area (Å²) in [5.74, 6) is 0. The van der Waals surface area contributed by atoms with Crippen LogP contribution in [0.1, 0.15) is 35.8 Å². The molecule has 0 saturated carbocycles. The Bertz CT molecular complexity index is 475. The number of imidazole rings is 1. The van der Waals surface area contributed by atoms with Crippen LogP contribution < -0.4 is 5.32 Å². The Hall–Kier alpha value is -1.20. The van der Waals surface area contributed by atoms with Gasteiger partial charge in [-0.05, 0) is 12.8 Å². The van der Waals surface area contributed by atoms with Crippen molar-refractivity contribution in [3.05, 3.63) is 34.3 Å². The lowest BCUT2D eigenvalue weighted by atomic mass is 10.4. The number of nitrogens with one attached hydrogen (secondary N) is 1. The molecule has 0 saturated heterocycles. The smallest absolute Gasteiger partial charge is 0.107 e. The minimum absolute atomic E-state index is 0.835. The summed E-state index contributed by atoms with van der Waals surface area (Å²) in [6, 6.07) is 0. The maximum Gasteiger partial charge on any atom is 0.107 e. The van der Waals surface area contributed by atoms with Gasteiger partial charge >= 0.3 is 0 Å². The summed E-state index contributed by atoms with van der Waals surface area (Å²) in [5, 5.41) is 4.59. The first kappa shape index (κ1) is 13.2. The van der Waals surface area contributed by atoms with E-state index in [1.807, 2.05) is 18.7 Å². The SMILES string of the molecule is CCCn1cncc1CNCc1ncc(CC)s1. The molecule has 0 unspecified atom stereocenters. The van der Waals surface area contributed by atoms with Gasteiger partial charge in [-0.25, -0.2) is 9.97 Å². The van der Waals surface area contributed by atoms with Gasteiger partial charge in [0.2, 0.25) is 0 Å². The molecule has 0 fully saturated rings. The van der Waals surface area contributed by atoms with Gasteiger partial charge in [-0.15, -0.1) is 11.3 Å². The lowest BCUT2D eigenvalue weighted by Gasteiger charge is -2.06. The van der Waals surface area contributed by atoms with E-state index in [1.165, 1.54) is 10.6 Å². The maximum absolute atomic E-state index is 4.40. The van der Waals surface area contributed by atoms with Crippen LogP contribution >= 0.6 is 11.3 Å². The zero-order valence-corrected chi connectivity index (χ0v) is 11.8. The number of aromatic nitrogens is 3. The Morgan fingerprint density at radius 1 is 1.28 bits per heavy atom. The summed E-state index contributed by atoms with van der Waals surface area (Å²) in [5.41, 5.74) is 1.24. The van der Waals surface area contributed by atoms with Crippen LogP contribution in [0.15, 0.2) is 18.7 Å². The number of aryl methyl sites for hydroxylation is 2. The lowest BCUT2D eigenvalue weighted by molar-refractivity contribution is 0.600. The van der Waals surface area contributed by atoms with Crippen molar-refractivity contribution >= 4 is 11.3 Å². The molecule has 98 valence electrons. The van der Waals surface area contributed by atoms with Crippen LogP contribution in [-0.2, 0) is 26.1 Å². The first-order valence-corrected chi connectivity index (χ1v) is 7.28. The normalized spacial score (nSPS) is 11.0. The van der Waals surface area contributed by atoms with Gasteiger partial charge in [-0.3, -0.25) is 0 Å². The molecule has 18 heavy (non-hydrogen) atoms. The van der Waals surface area contributed by atoms with Crippen molar-refractivity contribution in [2.45, 2.75) is 46.3 Å². The fraction of sp³-hybridized carbons (Fsp3) is 0.538. The van der Waals surface area contributed by atoms with Gasteiger partial charge in [0.15, 0.2) is 0 Å². The van der Waals surface area contributed by atoms with Gasteiger partial charge in [0.05, 0.1) is 12.0 Å². The van der Waals surface area contributed by atoms with Crippen LogP contribution in [0.5, 0.6) is 0 Å². The fourth-order valence-corrected chi connectivity index (χ4v) is 2.66. The average Bonchev–Trinajstić information content (AvgIpc) is 3.00. The second kappa shape index (κ2) is 6.66. The molecular formula is C13H20N4S. The van der Waals surface area contributed by atoms with E-state index >= 15 is 0 Å². The van der Waals surface area contributed by atoms with Crippen LogP contribution in [0.3, 0.4) is 0 Å². The van der Waals surface area contributed by atoms with Crippen molar-refractivity contribution in [3.8, 4) is 0 Å². The van der Waals surface area contributed by atoms with Gasteiger partial charge in [0.1, 0.15) is 5.01 Å². The topological polar surface area (TPSA) is 42.7 Å². The maximum atomic E-state index is 4.40. The highest BCUT2D eigenvalue weighted by Crippen LogP contribution is 2.13. The monoisotopic (exact) mass is 264 g/mol. The van der Waals surface area contributed by atoms with Gasteiger partial charge in [-0.2, -0.15) is 0 Å². The van der Waals surface area contributed by atoms with Gasteiger partial charge in [0, 0.05) is 36.9 Å². The molecule has 0 aromatic carbocycles. The predicted molar refractivity (Wildman–Crippen MR) is 74.6 cm³/mol. The van der Waals surface area contributed by atoms with Crippen LogP contribution in [0.4, 0.5) is 0 Å². The molecule has 0 bridgehead atoms.